The Morgan fingerprint density at radius 1 is 1.56 bits per heavy atom. The molecule has 16 heavy (non-hydrogen) atoms. The molecule has 1 saturated heterocycles. The molecule has 0 bridgehead atoms. The number of aryl methyl sites for hydroxylation is 1. The molecule has 1 aromatic heterocycles. The average Bonchev–Trinajstić information content (AvgIpc) is 2.28. The number of hydrogen-bond donors (Lipinski definition) is 0. The molecule has 0 amide bonds. The van der Waals surface area contributed by atoms with E-state index in [1.165, 1.54) is 0 Å². The van der Waals surface area contributed by atoms with Gasteiger partial charge < -0.3 is 9.64 Å². The summed E-state index contributed by atoms with van der Waals surface area (Å²) in [5.41, 5.74) is 0.980. The fraction of sp³-hybridized carbons (Fsp3) is 0.636. The molecule has 1 aromatic rings. The molecule has 4 nitrogen and oxygen atoms in total. The Labute approximate surface area is 101 Å². The highest BCUT2D eigenvalue weighted by atomic mass is 35.5. The van der Waals surface area contributed by atoms with Gasteiger partial charge in [0.2, 0.25) is 5.28 Å². The monoisotopic (exact) mass is 241 g/mol. The van der Waals surface area contributed by atoms with Crippen molar-refractivity contribution >= 4 is 17.4 Å². The number of ether oxygens (including phenoxy) is 1. The van der Waals surface area contributed by atoms with Crippen molar-refractivity contribution in [2.45, 2.75) is 26.3 Å². The summed E-state index contributed by atoms with van der Waals surface area (Å²) < 4.78 is 5.40. The van der Waals surface area contributed by atoms with Crippen molar-refractivity contribution in [2.24, 2.45) is 0 Å². The zero-order valence-electron chi connectivity index (χ0n) is 9.61. The molecule has 1 fully saturated rings. The first-order chi connectivity index (χ1) is 7.70. The Morgan fingerprint density at radius 2 is 2.38 bits per heavy atom. The van der Waals surface area contributed by atoms with Crippen molar-refractivity contribution in [1.82, 2.24) is 9.97 Å². The zero-order chi connectivity index (χ0) is 11.5. The largest absolute Gasteiger partial charge is 0.377 e. The molecular weight excluding hydrogens is 226 g/mol. The van der Waals surface area contributed by atoms with E-state index in [0.717, 1.165) is 37.7 Å². The zero-order valence-corrected chi connectivity index (χ0v) is 10.4. The molecule has 1 aliphatic rings. The molecule has 88 valence electrons. The predicted octanol–water partition coefficient (Wildman–Crippen LogP) is 1.92. The van der Waals surface area contributed by atoms with Gasteiger partial charge in [-0.05, 0) is 24.9 Å². The van der Waals surface area contributed by atoms with Gasteiger partial charge in [0.05, 0.1) is 19.3 Å². The molecule has 1 aliphatic heterocycles. The van der Waals surface area contributed by atoms with Gasteiger partial charge in [-0.1, -0.05) is 6.92 Å². The van der Waals surface area contributed by atoms with Crippen molar-refractivity contribution in [3.8, 4) is 0 Å². The Morgan fingerprint density at radius 3 is 3.06 bits per heavy atom. The molecular formula is C11H16ClN3O. The van der Waals surface area contributed by atoms with Crippen LogP contribution in [0.4, 0.5) is 5.82 Å². The minimum atomic E-state index is 0.327. The van der Waals surface area contributed by atoms with Gasteiger partial charge in [-0.3, -0.25) is 0 Å². The van der Waals surface area contributed by atoms with E-state index in [4.69, 9.17) is 16.3 Å². The maximum Gasteiger partial charge on any atom is 0.224 e. The lowest BCUT2D eigenvalue weighted by Crippen LogP contribution is -2.44. The van der Waals surface area contributed by atoms with E-state index in [1.54, 1.807) is 0 Å². The molecule has 0 aliphatic carbocycles. The van der Waals surface area contributed by atoms with Crippen LogP contribution in [-0.2, 0) is 11.2 Å². The van der Waals surface area contributed by atoms with Crippen molar-refractivity contribution in [2.75, 3.05) is 24.7 Å². The maximum absolute atomic E-state index is 5.92. The lowest BCUT2D eigenvalue weighted by atomic mass is 10.2. The molecule has 2 rings (SSSR count). The van der Waals surface area contributed by atoms with Crippen LogP contribution >= 0.6 is 11.6 Å². The fourth-order valence-corrected chi connectivity index (χ4v) is 2.04. The van der Waals surface area contributed by atoms with E-state index in [2.05, 4.69) is 28.7 Å². The van der Waals surface area contributed by atoms with Gasteiger partial charge >= 0.3 is 0 Å². The van der Waals surface area contributed by atoms with E-state index < -0.39 is 0 Å². The summed E-state index contributed by atoms with van der Waals surface area (Å²) in [6, 6.07) is 2.35. The highest BCUT2D eigenvalue weighted by Crippen LogP contribution is 2.20. The first-order valence-corrected chi connectivity index (χ1v) is 5.96. The third-order valence-electron chi connectivity index (χ3n) is 2.76. The fourth-order valence-electron chi connectivity index (χ4n) is 1.85. The summed E-state index contributed by atoms with van der Waals surface area (Å²) in [5.74, 6) is 0.910. The first kappa shape index (κ1) is 11.6. The molecule has 0 spiro atoms. The number of rotatable bonds is 2. The van der Waals surface area contributed by atoms with Crippen LogP contribution in [0, 0.1) is 0 Å². The van der Waals surface area contributed by atoms with Gasteiger partial charge in [-0.15, -0.1) is 0 Å². The van der Waals surface area contributed by atoms with Crippen molar-refractivity contribution in [3.05, 3.63) is 17.0 Å². The Hall–Kier alpha value is -0.870. The molecule has 0 saturated carbocycles. The molecule has 0 radical (unpaired) electrons. The average molecular weight is 242 g/mol. The number of halogens is 1. The molecule has 0 unspecified atom stereocenters. The van der Waals surface area contributed by atoms with Crippen LogP contribution in [0.3, 0.4) is 0 Å². The van der Waals surface area contributed by atoms with Crippen LogP contribution in [0.2, 0.25) is 5.28 Å². The summed E-state index contributed by atoms with van der Waals surface area (Å²) in [5, 5.41) is 0.327. The lowest BCUT2D eigenvalue weighted by molar-refractivity contribution is 0.0985. The molecule has 0 N–H and O–H groups in total. The van der Waals surface area contributed by atoms with Crippen LogP contribution in [-0.4, -0.2) is 35.8 Å². The molecule has 2 heterocycles. The quantitative estimate of drug-likeness (QED) is 0.742. The van der Waals surface area contributed by atoms with Crippen LogP contribution in [0.5, 0.6) is 0 Å². The normalized spacial score (nSPS) is 21.2. The van der Waals surface area contributed by atoms with Crippen molar-refractivity contribution < 1.29 is 4.74 Å². The van der Waals surface area contributed by atoms with Gasteiger partial charge in [0.15, 0.2) is 0 Å². The highest BCUT2D eigenvalue weighted by molar-refractivity contribution is 6.28. The summed E-state index contributed by atoms with van der Waals surface area (Å²) in [6.45, 7) is 6.53. The van der Waals surface area contributed by atoms with E-state index in [1.807, 2.05) is 6.07 Å². The second kappa shape index (κ2) is 4.97. The van der Waals surface area contributed by atoms with Crippen molar-refractivity contribution in [3.63, 3.8) is 0 Å². The lowest BCUT2D eigenvalue weighted by Gasteiger charge is -2.34. The number of morpholine rings is 1. The van der Waals surface area contributed by atoms with E-state index in [9.17, 15) is 0 Å². The number of hydrogen-bond acceptors (Lipinski definition) is 4. The predicted molar refractivity (Wildman–Crippen MR) is 64.0 cm³/mol. The Balaban J connectivity index is 2.27. The maximum atomic E-state index is 5.92. The Kier molecular flexibility index (Phi) is 3.61. The second-order valence-corrected chi connectivity index (χ2v) is 4.30. The van der Waals surface area contributed by atoms with E-state index >= 15 is 0 Å². The summed E-state index contributed by atoms with van der Waals surface area (Å²) in [4.78, 5) is 10.7. The summed E-state index contributed by atoms with van der Waals surface area (Å²) in [6.07, 6.45) is 0.869. The van der Waals surface area contributed by atoms with Gasteiger partial charge in [-0.25, -0.2) is 9.97 Å². The minimum Gasteiger partial charge on any atom is -0.377 e. The minimum absolute atomic E-state index is 0.327. The smallest absolute Gasteiger partial charge is 0.224 e. The van der Waals surface area contributed by atoms with E-state index in [-0.39, 0.29) is 0 Å². The molecule has 0 aromatic carbocycles. The molecule has 5 heteroatoms. The summed E-state index contributed by atoms with van der Waals surface area (Å²) in [7, 11) is 0. The SMILES string of the molecule is CCc1cc(N2CCOC[C@H]2C)nc(Cl)n1. The number of anilines is 1. The van der Waals surface area contributed by atoms with Gasteiger partial charge in [-0.2, -0.15) is 0 Å². The van der Waals surface area contributed by atoms with Crippen LogP contribution in [0.1, 0.15) is 19.5 Å². The molecule has 1 atom stereocenters. The first-order valence-electron chi connectivity index (χ1n) is 5.58. The third kappa shape index (κ3) is 2.44. The highest BCUT2D eigenvalue weighted by Gasteiger charge is 2.20. The van der Waals surface area contributed by atoms with Gasteiger partial charge in [0.1, 0.15) is 5.82 Å². The number of nitrogens with zero attached hydrogens (tertiary/aromatic N) is 3. The van der Waals surface area contributed by atoms with E-state index in [0.29, 0.717) is 11.3 Å². The third-order valence-corrected chi connectivity index (χ3v) is 2.93. The standard InChI is InChI=1S/C11H16ClN3O/c1-3-9-6-10(14-11(12)13-9)15-4-5-16-7-8(15)2/h6,8H,3-5,7H2,1-2H3/t8-/m1/s1. The van der Waals surface area contributed by atoms with Gasteiger partial charge in [0.25, 0.3) is 0 Å². The second-order valence-electron chi connectivity index (χ2n) is 3.96. The van der Waals surface area contributed by atoms with Crippen LogP contribution in [0.15, 0.2) is 6.07 Å². The number of aromatic nitrogens is 2. The van der Waals surface area contributed by atoms with Crippen molar-refractivity contribution in [1.29, 1.82) is 0 Å². The topological polar surface area (TPSA) is 38.2 Å². The van der Waals surface area contributed by atoms with Crippen LogP contribution < -0.4 is 4.90 Å². The van der Waals surface area contributed by atoms with Gasteiger partial charge in [0, 0.05) is 18.3 Å². The Bertz CT molecular complexity index is 372. The van der Waals surface area contributed by atoms with Crippen LogP contribution in [0.25, 0.3) is 0 Å². The summed E-state index contributed by atoms with van der Waals surface area (Å²) >= 11 is 5.92.